The monoisotopic (exact) mass is 280 g/mol. The van der Waals surface area contributed by atoms with Gasteiger partial charge in [0.05, 0.1) is 11.4 Å². The van der Waals surface area contributed by atoms with Crippen molar-refractivity contribution in [3.8, 4) is 5.69 Å². The molecule has 2 aromatic heterocycles. The zero-order valence-corrected chi connectivity index (χ0v) is 13.2. The number of benzene rings is 1. The van der Waals surface area contributed by atoms with Crippen LogP contribution in [0.25, 0.3) is 16.9 Å². The number of rotatable bonds is 2. The van der Waals surface area contributed by atoms with Crippen LogP contribution in [0.15, 0.2) is 30.7 Å². The molecule has 3 rings (SSSR count). The van der Waals surface area contributed by atoms with E-state index < -0.39 is 0 Å². The summed E-state index contributed by atoms with van der Waals surface area (Å²) in [6, 6.07) is 6.39. The van der Waals surface area contributed by atoms with Gasteiger partial charge in [0.25, 0.3) is 0 Å². The summed E-state index contributed by atoms with van der Waals surface area (Å²) in [7, 11) is 4.05. The van der Waals surface area contributed by atoms with E-state index in [1.165, 1.54) is 22.4 Å². The van der Waals surface area contributed by atoms with Crippen LogP contribution in [0.1, 0.15) is 16.7 Å². The van der Waals surface area contributed by atoms with E-state index in [1.54, 1.807) is 0 Å². The molecule has 21 heavy (non-hydrogen) atoms. The molecule has 3 aromatic rings. The van der Waals surface area contributed by atoms with Gasteiger partial charge in [0.15, 0.2) is 5.65 Å². The Balaban J connectivity index is 2.30. The maximum Gasteiger partial charge on any atom is 0.166 e. The number of imidazole rings is 1. The van der Waals surface area contributed by atoms with Crippen molar-refractivity contribution in [1.82, 2.24) is 14.5 Å². The van der Waals surface area contributed by atoms with E-state index in [9.17, 15) is 0 Å². The molecule has 4 heteroatoms. The normalized spacial score (nSPS) is 11.1. The van der Waals surface area contributed by atoms with Crippen LogP contribution in [0.3, 0.4) is 0 Å². The van der Waals surface area contributed by atoms with Crippen LogP contribution in [0, 0.1) is 20.8 Å². The second-order valence-corrected chi connectivity index (χ2v) is 5.76. The summed E-state index contributed by atoms with van der Waals surface area (Å²) >= 11 is 0. The van der Waals surface area contributed by atoms with Gasteiger partial charge >= 0.3 is 0 Å². The largest absolute Gasteiger partial charge is 0.376 e. The van der Waals surface area contributed by atoms with Crippen molar-refractivity contribution >= 4 is 16.9 Å². The number of aromatic nitrogens is 3. The molecule has 0 fully saturated rings. The van der Waals surface area contributed by atoms with Crippen LogP contribution in [-0.4, -0.2) is 28.6 Å². The van der Waals surface area contributed by atoms with E-state index in [-0.39, 0.29) is 0 Å². The van der Waals surface area contributed by atoms with Gasteiger partial charge in [0, 0.05) is 20.3 Å². The molecular weight excluding hydrogens is 260 g/mol. The molecular formula is C17H20N4. The smallest absolute Gasteiger partial charge is 0.166 e. The third-order valence-electron chi connectivity index (χ3n) is 3.77. The molecule has 0 bridgehead atoms. The Bertz CT molecular complexity index is 792. The number of fused-ring (bicyclic) bond motifs is 1. The van der Waals surface area contributed by atoms with E-state index in [1.807, 2.05) is 32.7 Å². The molecule has 0 aliphatic rings. The average molecular weight is 280 g/mol. The molecule has 0 amide bonds. The minimum atomic E-state index is 0.899. The highest BCUT2D eigenvalue weighted by Crippen LogP contribution is 2.27. The summed E-state index contributed by atoms with van der Waals surface area (Å²) in [5.74, 6) is 0. The summed E-state index contributed by atoms with van der Waals surface area (Å²) in [5.41, 5.74) is 7.85. The van der Waals surface area contributed by atoms with Crippen LogP contribution >= 0.6 is 0 Å². The molecule has 0 spiro atoms. The van der Waals surface area contributed by atoms with Gasteiger partial charge < -0.3 is 4.90 Å². The second-order valence-electron chi connectivity index (χ2n) is 5.76. The zero-order valence-electron chi connectivity index (χ0n) is 13.2. The number of hydrogen-bond donors (Lipinski definition) is 0. The van der Waals surface area contributed by atoms with Gasteiger partial charge in [0.1, 0.15) is 11.8 Å². The van der Waals surface area contributed by atoms with Crippen LogP contribution in [0.5, 0.6) is 0 Å². The summed E-state index contributed by atoms with van der Waals surface area (Å²) in [6.07, 6.45) is 3.71. The third kappa shape index (κ3) is 2.17. The number of nitrogens with zero attached hydrogens (tertiary/aromatic N) is 4. The minimum Gasteiger partial charge on any atom is -0.376 e. The third-order valence-corrected chi connectivity index (χ3v) is 3.77. The molecule has 0 radical (unpaired) electrons. The van der Waals surface area contributed by atoms with E-state index >= 15 is 0 Å². The fourth-order valence-corrected chi connectivity index (χ4v) is 2.98. The Hall–Kier alpha value is -2.36. The molecule has 0 unspecified atom stereocenters. The van der Waals surface area contributed by atoms with Crippen molar-refractivity contribution < 1.29 is 0 Å². The number of hydrogen-bond acceptors (Lipinski definition) is 3. The first-order valence-corrected chi connectivity index (χ1v) is 7.06. The molecule has 0 aliphatic heterocycles. The first-order chi connectivity index (χ1) is 9.99. The standard InChI is InChI=1S/C17H20N4/c1-11-8-12(2)16(13(3)9-11)21-10-19-15-14(20(4)5)6-7-18-17(15)21/h6-10H,1-5H3. The van der Waals surface area contributed by atoms with Gasteiger partial charge in [-0.25, -0.2) is 9.97 Å². The molecule has 0 aliphatic carbocycles. The molecule has 2 heterocycles. The van der Waals surface area contributed by atoms with Crippen molar-refractivity contribution in [2.24, 2.45) is 0 Å². The van der Waals surface area contributed by atoms with Crippen molar-refractivity contribution in [2.75, 3.05) is 19.0 Å². The molecule has 1 aromatic carbocycles. The molecule has 0 saturated carbocycles. The topological polar surface area (TPSA) is 34.0 Å². The van der Waals surface area contributed by atoms with Crippen molar-refractivity contribution in [3.05, 3.63) is 47.4 Å². The first kappa shape index (κ1) is 13.6. The lowest BCUT2D eigenvalue weighted by molar-refractivity contribution is 1.03. The molecule has 4 nitrogen and oxygen atoms in total. The summed E-state index contributed by atoms with van der Waals surface area (Å²) in [5, 5.41) is 0. The first-order valence-electron chi connectivity index (χ1n) is 7.06. The van der Waals surface area contributed by atoms with E-state index in [4.69, 9.17) is 0 Å². The molecule has 0 saturated heterocycles. The SMILES string of the molecule is Cc1cc(C)c(-n2cnc3c(N(C)C)ccnc32)c(C)c1. The van der Waals surface area contributed by atoms with Crippen molar-refractivity contribution in [2.45, 2.75) is 20.8 Å². The molecule has 108 valence electrons. The Labute approximate surface area is 125 Å². The lowest BCUT2D eigenvalue weighted by atomic mass is 10.1. The van der Waals surface area contributed by atoms with Gasteiger partial charge in [-0.2, -0.15) is 0 Å². The summed E-state index contributed by atoms with van der Waals surface area (Å²) in [6.45, 7) is 6.39. The fraction of sp³-hybridized carbons (Fsp3) is 0.294. The van der Waals surface area contributed by atoms with Gasteiger partial charge in [-0.3, -0.25) is 4.57 Å². The lowest BCUT2D eigenvalue weighted by Crippen LogP contribution is -2.09. The number of pyridine rings is 1. The Kier molecular flexibility index (Phi) is 3.16. The van der Waals surface area contributed by atoms with E-state index in [0.29, 0.717) is 0 Å². The number of aryl methyl sites for hydroxylation is 3. The van der Waals surface area contributed by atoms with E-state index in [0.717, 1.165) is 16.9 Å². The van der Waals surface area contributed by atoms with E-state index in [2.05, 4.69) is 52.3 Å². The minimum absolute atomic E-state index is 0.899. The summed E-state index contributed by atoms with van der Waals surface area (Å²) in [4.78, 5) is 11.2. The van der Waals surface area contributed by atoms with Crippen LogP contribution < -0.4 is 4.90 Å². The summed E-state index contributed by atoms with van der Waals surface area (Å²) < 4.78 is 2.09. The van der Waals surface area contributed by atoms with Gasteiger partial charge in [0.2, 0.25) is 0 Å². The van der Waals surface area contributed by atoms with Crippen LogP contribution in [-0.2, 0) is 0 Å². The highest BCUT2D eigenvalue weighted by molar-refractivity contribution is 5.87. The lowest BCUT2D eigenvalue weighted by Gasteiger charge is -2.14. The molecule has 0 N–H and O–H groups in total. The average Bonchev–Trinajstić information content (AvgIpc) is 2.81. The predicted molar refractivity (Wildman–Crippen MR) is 87.4 cm³/mol. The maximum atomic E-state index is 4.58. The maximum absolute atomic E-state index is 4.58. The second kappa shape index (κ2) is 4.88. The van der Waals surface area contributed by atoms with Crippen LogP contribution in [0.2, 0.25) is 0 Å². The zero-order chi connectivity index (χ0) is 15.1. The Morgan fingerprint density at radius 2 is 1.67 bits per heavy atom. The van der Waals surface area contributed by atoms with Gasteiger partial charge in [-0.1, -0.05) is 17.7 Å². The number of anilines is 1. The predicted octanol–water partition coefficient (Wildman–Crippen LogP) is 3.41. The fourth-order valence-electron chi connectivity index (χ4n) is 2.98. The van der Waals surface area contributed by atoms with Crippen molar-refractivity contribution in [3.63, 3.8) is 0 Å². The Morgan fingerprint density at radius 3 is 2.29 bits per heavy atom. The highest BCUT2D eigenvalue weighted by Gasteiger charge is 2.14. The quantitative estimate of drug-likeness (QED) is 0.721. The van der Waals surface area contributed by atoms with Gasteiger partial charge in [-0.15, -0.1) is 0 Å². The van der Waals surface area contributed by atoms with Crippen molar-refractivity contribution in [1.29, 1.82) is 0 Å². The van der Waals surface area contributed by atoms with Gasteiger partial charge in [-0.05, 0) is 38.0 Å². The highest BCUT2D eigenvalue weighted by atomic mass is 15.1. The van der Waals surface area contributed by atoms with Crippen LogP contribution in [0.4, 0.5) is 5.69 Å². The molecule has 0 atom stereocenters. The Morgan fingerprint density at radius 1 is 1.00 bits per heavy atom.